The Labute approximate surface area is 78.7 Å². The van der Waals surface area contributed by atoms with E-state index >= 15 is 0 Å². The number of nitrogens with zero attached hydrogens (tertiary/aromatic N) is 2. The predicted molar refractivity (Wildman–Crippen MR) is 50.4 cm³/mol. The molecule has 0 spiro atoms. The molecule has 11 heavy (non-hydrogen) atoms. The van der Waals surface area contributed by atoms with Gasteiger partial charge in [-0.05, 0) is 6.92 Å². The number of hydrogen-bond acceptors (Lipinski definition) is 4. The van der Waals surface area contributed by atoms with Crippen molar-refractivity contribution in [2.24, 2.45) is 0 Å². The monoisotopic (exact) mass is 206 g/mol. The van der Waals surface area contributed by atoms with Gasteiger partial charge < -0.3 is 0 Å². The van der Waals surface area contributed by atoms with Gasteiger partial charge in [0.15, 0.2) is 4.34 Å². The second-order valence-corrected chi connectivity index (χ2v) is 4.46. The van der Waals surface area contributed by atoms with Gasteiger partial charge in [0.1, 0.15) is 5.01 Å². The van der Waals surface area contributed by atoms with E-state index in [9.17, 15) is 0 Å². The van der Waals surface area contributed by atoms with Crippen LogP contribution in [-0.2, 0) is 0 Å². The quantitative estimate of drug-likeness (QED) is 0.712. The van der Waals surface area contributed by atoms with E-state index in [2.05, 4.69) is 10.2 Å². The molecule has 60 valence electrons. The van der Waals surface area contributed by atoms with Crippen LogP contribution in [0.2, 0.25) is 0 Å². The lowest BCUT2D eigenvalue weighted by molar-refractivity contribution is 0.985. The van der Waals surface area contributed by atoms with Crippen molar-refractivity contribution in [1.82, 2.24) is 10.2 Å². The molecule has 0 aliphatic rings. The molecule has 0 N–H and O–H groups in total. The SMILES string of the molecule is Cc1nnc(SCC=CCl)s1. The number of aromatic nitrogens is 2. The maximum atomic E-state index is 5.35. The summed E-state index contributed by atoms with van der Waals surface area (Å²) in [5, 5.41) is 8.83. The lowest BCUT2D eigenvalue weighted by atomic mass is 10.8. The van der Waals surface area contributed by atoms with Crippen LogP contribution in [0.1, 0.15) is 5.01 Å². The van der Waals surface area contributed by atoms with Gasteiger partial charge >= 0.3 is 0 Å². The van der Waals surface area contributed by atoms with Crippen molar-refractivity contribution < 1.29 is 0 Å². The third kappa shape index (κ3) is 3.22. The molecule has 1 heterocycles. The second kappa shape index (κ2) is 4.74. The lowest BCUT2D eigenvalue weighted by Crippen LogP contribution is -1.72. The average Bonchev–Trinajstić information content (AvgIpc) is 2.37. The van der Waals surface area contributed by atoms with Gasteiger partial charge in [0.25, 0.3) is 0 Å². The summed E-state index contributed by atoms with van der Waals surface area (Å²) < 4.78 is 0.997. The first kappa shape index (κ1) is 9.03. The Balaban J connectivity index is 2.38. The first-order chi connectivity index (χ1) is 5.33. The Morgan fingerprint density at radius 1 is 1.64 bits per heavy atom. The Morgan fingerprint density at radius 3 is 3.00 bits per heavy atom. The van der Waals surface area contributed by atoms with Crippen molar-refractivity contribution in [3.8, 4) is 0 Å². The van der Waals surface area contributed by atoms with E-state index in [1.54, 1.807) is 23.1 Å². The fraction of sp³-hybridized carbons (Fsp3) is 0.333. The molecule has 2 nitrogen and oxygen atoms in total. The lowest BCUT2D eigenvalue weighted by Gasteiger charge is -1.85. The van der Waals surface area contributed by atoms with Gasteiger partial charge in [-0.25, -0.2) is 0 Å². The van der Waals surface area contributed by atoms with E-state index in [-0.39, 0.29) is 0 Å². The van der Waals surface area contributed by atoms with Crippen molar-refractivity contribution in [3.63, 3.8) is 0 Å². The molecule has 0 fully saturated rings. The van der Waals surface area contributed by atoms with Gasteiger partial charge in [0, 0.05) is 11.3 Å². The molecule has 0 saturated heterocycles. The Hall–Kier alpha value is -0.0600. The maximum Gasteiger partial charge on any atom is 0.174 e. The standard InChI is InChI=1S/C6H7ClN2S2/c1-5-8-9-6(11-5)10-4-2-3-7/h2-3H,4H2,1H3. The molecule has 5 heteroatoms. The van der Waals surface area contributed by atoms with Crippen LogP contribution in [0.4, 0.5) is 0 Å². The minimum Gasteiger partial charge on any atom is -0.143 e. The summed E-state index contributed by atoms with van der Waals surface area (Å²) in [5.41, 5.74) is 1.51. The summed E-state index contributed by atoms with van der Waals surface area (Å²) in [6, 6.07) is 0. The summed E-state index contributed by atoms with van der Waals surface area (Å²) in [6.45, 7) is 1.94. The number of rotatable bonds is 3. The third-order valence-electron chi connectivity index (χ3n) is 0.900. The largest absolute Gasteiger partial charge is 0.174 e. The molecule has 1 aromatic heterocycles. The van der Waals surface area contributed by atoms with Crippen LogP contribution in [0.15, 0.2) is 16.0 Å². The fourth-order valence-electron chi connectivity index (χ4n) is 0.493. The normalized spacial score (nSPS) is 11.1. The molecule has 1 aromatic rings. The summed E-state index contributed by atoms with van der Waals surface area (Å²) >= 11 is 8.59. The Kier molecular flexibility index (Phi) is 3.90. The summed E-state index contributed by atoms with van der Waals surface area (Å²) in [7, 11) is 0. The predicted octanol–water partition coefficient (Wildman–Crippen LogP) is 2.69. The molecule has 0 radical (unpaired) electrons. The van der Waals surface area contributed by atoms with Gasteiger partial charge in [-0.2, -0.15) is 0 Å². The van der Waals surface area contributed by atoms with E-state index in [0.717, 1.165) is 15.1 Å². The fourth-order valence-corrected chi connectivity index (χ4v) is 2.34. The zero-order chi connectivity index (χ0) is 8.10. The second-order valence-electron chi connectivity index (χ2n) is 1.76. The Morgan fingerprint density at radius 2 is 2.45 bits per heavy atom. The van der Waals surface area contributed by atoms with Crippen LogP contribution >= 0.6 is 34.7 Å². The molecule has 0 aromatic carbocycles. The van der Waals surface area contributed by atoms with Crippen LogP contribution in [0.5, 0.6) is 0 Å². The molecule has 0 aliphatic heterocycles. The number of hydrogen-bond donors (Lipinski definition) is 0. The highest BCUT2D eigenvalue weighted by Crippen LogP contribution is 2.21. The van der Waals surface area contributed by atoms with E-state index in [4.69, 9.17) is 11.6 Å². The molecule has 0 bridgehead atoms. The molecule has 0 aliphatic carbocycles. The Bertz CT molecular complexity index is 246. The first-order valence-electron chi connectivity index (χ1n) is 3.01. The van der Waals surface area contributed by atoms with Crippen molar-refractivity contribution in [2.45, 2.75) is 11.3 Å². The third-order valence-corrected chi connectivity index (χ3v) is 3.00. The molecular weight excluding hydrogens is 200 g/mol. The zero-order valence-electron chi connectivity index (χ0n) is 5.95. The van der Waals surface area contributed by atoms with Gasteiger partial charge in [-0.1, -0.05) is 40.8 Å². The maximum absolute atomic E-state index is 5.35. The van der Waals surface area contributed by atoms with E-state index in [1.807, 2.05) is 13.0 Å². The smallest absolute Gasteiger partial charge is 0.143 e. The van der Waals surface area contributed by atoms with Crippen LogP contribution in [0.3, 0.4) is 0 Å². The van der Waals surface area contributed by atoms with Crippen molar-refractivity contribution in [1.29, 1.82) is 0 Å². The minimum atomic E-state index is 0.859. The van der Waals surface area contributed by atoms with Crippen molar-refractivity contribution in [2.75, 3.05) is 5.75 Å². The summed E-state index contributed by atoms with van der Waals surface area (Å²) in [5.74, 6) is 0.859. The molecule has 0 saturated carbocycles. The molecule has 0 unspecified atom stereocenters. The highest BCUT2D eigenvalue weighted by atomic mass is 35.5. The van der Waals surface area contributed by atoms with E-state index < -0.39 is 0 Å². The first-order valence-corrected chi connectivity index (χ1v) is 5.25. The molecule has 0 amide bonds. The molecular formula is C6H7ClN2S2. The van der Waals surface area contributed by atoms with E-state index in [1.165, 1.54) is 5.54 Å². The van der Waals surface area contributed by atoms with Crippen LogP contribution in [0, 0.1) is 6.92 Å². The summed E-state index contributed by atoms with van der Waals surface area (Å²) in [4.78, 5) is 0. The van der Waals surface area contributed by atoms with Gasteiger partial charge in [-0.15, -0.1) is 10.2 Å². The summed E-state index contributed by atoms with van der Waals surface area (Å²) in [6.07, 6.45) is 1.88. The van der Waals surface area contributed by atoms with Crippen LogP contribution in [-0.4, -0.2) is 16.0 Å². The van der Waals surface area contributed by atoms with Gasteiger partial charge in [0.2, 0.25) is 0 Å². The topological polar surface area (TPSA) is 25.8 Å². The van der Waals surface area contributed by atoms with Gasteiger partial charge in [-0.3, -0.25) is 0 Å². The highest BCUT2D eigenvalue weighted by molar-refractivity contribution is 8.01. The van der Waals surface area contributed by atoms with Crippen molar-refractivity contribution in [3.05, 3.63) is 16.6 Å². The van der Waals surface area contributed by atoms with E-state index in [0.29, 0.717) is 0 Å². The molecule has 1 rings (SSSR count). The number of thioether (sulfide) groups is 1. The van der Waals surface area contributed by atoms with Crippen molar-refractivity contribution >= 4 is 34.7 Å². The highest BCUT2D eigenvalue weighted by Gasteiger charge is 1.97. The number of halogens is 1. The zero-order valence-corrected chi connectivity index (χ0v) is 8.34. The minimum absolute atomic E-state index is 0.859. The molecule has 0 atom stereocenters. The average molecular weight is 207 g/mol. The van der Waals surface area contributed by atoms with Crippen LogP contribution < -0.4 is 0 Å². The van der Waals surface area contributed by atoms with Gasteiger partial charge in [0.05, 0.1) is 0 Å². The number of aryl methyl sites for hydroxylation is 1. The van der Waals surface area contributed by atoms with Crippen LogP contribution in [0.25, 0.3) is 0 Å².